The number of methoxy groups -OCH3 is 1. The molecule has 0 aromatic carbocycles. The minimum absolute atomic E-state index is 0.110. The number of likely N-dealkylation sites (tertiary alicyclic amines) is 1. The van der Waals surface area contributed by atoms with Gasteiger partial charge in [-0.1, -0.05) is 0 Å². The molecule has 0 aromatic heterocycles. The van der Waals surface area contributed by atoms with Crippen molar-refractivity contribution in [3.8, 4) is 0 Å². The van der Waals surface area contributed by atoms with Crippen LogP contribution in [0.3, 0.4) is 0 Å². The molecule has 0 aliphatic carbocycles. The van der Waals surface area contributed by atoms with Crippen molar-refractivity contribution < 1.29 is 14.3 Å². The van der Waals surface area contributed by atoms with E-state index in [1.54, 1.807) is 18.9 Å². The third kappa shape index (κ3) is 4.70. The Morgan fingerprint density at radius 3 is 2.63 bits per heavy atom. The Morgan fingerprint density at radius 2 is 2.05 bits per heavy atom. The first-order valence-electron chi connectivity index (χ1n) is 6.70. The first-order chi connectivity index (χ1) is 8.95. The second-order valence-corrected chi connectivity index (χ2v) is 5.12. The van der Waals surface area contributed by atoms with Crippen molar-refractivity contribution in [2.75, 3.05) is 47.4 Å². The molecule has 0 spiro atoms. The highest BCUT2D eigenvalue weighted by molar-refractivity contribution is 5.73. The average Bonchev–Trinajstić information content (AvgIpc) is 2.43. The Labute approximate surface area is 115 Å². The van der Waals surface area contributed by atoms with E-state index in [2.05, 4.69) is 9.64 Å². The van der Waals surface area contributed by atoms with Crippen LogP contribution >= 0.6 is 0 Å². The van der Waals surface area contributed by atoms with E-state index in [4.69, 9.17) is 0 Å². The van der Waals surface area contributed by atoms with Gasteiger partial charge in [0.05, 0.1) is 7.11 Å². The zero-order chi connectivity index (χ0) is 14.4. The minimum Gasteiger partial charge on any atom is -0.453 e. The molecule has 1 aliphatic rings. The van der Waals surface area contributed by atoms with Gasteiger partial charge < -0.3 is 14.5 Å². The second kappa shape index (κ2) is 7.33. The van der Waals surface area contributed by atoms with Gasteiger partial charge in [-0.3, -0.25) is 9.69 Å². The summed E-state index contributed by atoms with van der Waals surface area (Å²) < 4.78 is 4.66. The van der Waals surface area contributed by atoms with Crippen molar-refractivity contribution in [1.29, 1.82) is 0 Å². The number of nitrogens with zero attached hydrogens (tertiary/aromatic N) is 3. The van der Waals surface area contributed by atoms with E-state index in [1.807, 2.05) is 11.9 Å². The Morgan fingerprint density at radius 1 is 1.37 bits per heavy atom. The fourth-order valence-corrected chi connectivity index (χ4v) is 2.35. The summed E-state index contributed by atoms with van der Waals surface area (Å²) in [5.41, 5.74) is 0. The molecule has 1 saturated heterocycles. The molecule has 1 aliphatic heterocycles. The number of hydrogen-bond donors (Lipinski definition) is 0. The number of carbonyl (C=O) groups excluding carboxylic acids is 2. The lowest BCUT2D eigenvalue weighted by atomic mass is 10.0. The quantitative estimate of drug-likeness (QED) is 0.752. The lowest BCUT2D eigenvalue weighted by molar-refractivity contribution is -0.130. The number of amides is 2. The molecule has 110 valence electrons. The summed E-state index contributed by atoms with van der Waals surface area (Å²) in [4.78, 5) is 28.3. The first kappa shape index (κ1) is 15.8. The third-order valence-electron chi connectivity index (χ3n) is 3.76. The second-order valence-electron chi connectivity index (χ2n) is 5.12. The summed E-state index contributed by atoms with van der Waals surface area (Å²) >= 11 is 0. The molecule has 0 aromatic rings. The molecule has 0 saturated carbocycles. The first-order valence-corrected chi connectivity index (χ1v) is 6.70. The molecule has 0 bridgehead atoms. The molecule has 1 fully saturated rings. The number of hydrogen-bond acceptors (Lipinski definition) is 4. The monoisotopic (exact) mass is 271 g/mol. The fraction of sp³-hybridized carbons (Fsp3) is 0.846. The molecule has 1 heterocycles. The van der Waals surface area contributed by atoms with E-state index < -0.39 is 0 Å². The third-order valence-corrected chi connectivity index (χ3v) is 3.76. The van der Waals surface area contributed by atoms with Gasteiger partial charge in [-0.05, 0) is 19.4 Å². The van der Waals surface area contributed by atoms with Crippen LogP contribution in [0.4, 0.5) is 4.79 Å². The highest BCUT2D eigenvalue weighted by Gasteiger charge is 2.24. The fourth-order valence-electron chi connectivity index (χ4n) is 2.35. The topological polar surface area (TPSA) is 53.1 Å². The maximum atomic E-state index is 11.4. The summed E-state index contributed by atoms with van der Waals surface area (Å²) in [5.74, 6) is 0.110. The van der Waals surface area contributed by atoms with Crippen LogP contribution in [0.15, 0.2) is 0 Å². The number of rotatable bonds is 4. The van der Waals surface area contributed by atoms with Crippen LogP contribution in [0, 0.1) is 0 Å². The molecular weight excluding hydrogens is 246 g/mol. The zero-order valence-electron chi connectivity index (χ0n) is 12.4. The van der Waals surface area contributed by atoms with Gasteiger partial charge in [0.15, 0.2) is 0 Å². The van der Waals surface area contributed by atoms with Gasteiger partial charge in [0, 0.05) is 46.7 Å². The summed E-state index contributed by atoms with van der Waals surface area (Å²) in [5, 5.41) is 0. The highest BCUT2D eigenvalue weighted by atomic mass is 16.5. The van der Waals surface area contributed by atoms with E-state index in [-0.39, 0.29) is 18.0 Å². The van der Waals surface area contributed by atoms with Crippen LogP contribution in [-0.4, -0.2) is 80.1 Å². The van der Waals surface area contributed by atoms with Gasteiger partial charge in [-0.15, -0.1) is 0 Å². The average molecular weight is 271 g/mol. The van der Waals surface area contributed by atoms with Crippen LogP contribution in [0.5, 0.6) is 0 Å². The van der Waals surface area contributed by atoms with Crippen LogP contribution < -0.4 is 0 Å². The maximum absolute atomic E-state index is 11.4. The van der Waals surface area contributed by atoms with Gasteiger partial charge >= 0.3 is 6.09 Å². The van der Waals surface area contributed by atoms with E-state index in [9.17, 15) is 9.59 Å². The molecule has 1 unspecified atom stereocenters. The van der Waals surface area contributed by atoms with E-state index in [0.29, 0.717) is 6.54 Å². The minimum atomic E-state index is -0.311. The smallest absolute Gasteiger partial charge is 0.409 e. The standard InChI is InChI=1S/C13H25N3O3/c1-11(17)15(3)12-6-5-7-16(10-12)9-8-14(2)13(18)19-4/h12H,5-10H2,1-4H3. The van der Waals surface area contributed by atoms with E-state index >= 15 is 0 Å². The van der Waals surface area contributed by atoms with Crippen LogP contribution in [-0.2, 0) is 9.53 Å². The lowest BCUT2D eigenvalue weighted by Gasteiger charge is -2.37. The molecule has 6 nitrogen and oxygen atoms in total. The van der Waals surface area contributed by atoms with Gasteiger partial charge in [0.2, 0.25) is 5.91 Å². The van der Waals surface area contributed by atoms with Crippen molar-refractivity contribution in [2.24, 2.45) is 0 Å². The number of piperidine rings is 1. The Balaban J connectivity index is 2.39. The van der Waals surface area contributed by atoms with Gasteiger partial charge in [0.1, 0.15) is 0 Å². The Bertz CT molecular complexity index is 322. The zero-order valence-corrected chi connectivity index (χ0v) is 12.4. The van der Waals surface area contributed by atoms with Crippen LogP contribution in [0.25, 0.3) is 0 Å². The normalized spacial score (nSPS) is 19.9. The molecule has 0 N–H and O–H groups in total. The number of likely N-dealkylation sites (N-methyl/N-ethyl adjacent to an activating group) is 2. The van der Waals surface area contributed by atoms with Gasteiger partial charge in [-0.2, -0.15) is 0 Å². The summed E-state index contributed by atoms with van der Waals surface area (Å²) in [6.07, 6.45) is 1.83. The summed E-state index contributed by atoms with van der Waals surface area (Å²) in [6, 6.07) is 0.287. The molecule has 19 heavy (non-hydrogen) atoms. The molecule has 1 atom stereocenters. The van der Waals surface area contributed by atoms with Crippen LogP contribution in [0.2, 0.25) is 0 Å². The largest absolute Gasteiger partial charge is 0.453 e. The Kier molecular flexibility index (Phi) is 6.08. The number of ether oxygens (including phenoxy) is 1. The van der Waals surface area contributed by atoms with Crippen molar-refractivity contribution in [3.63, 3.8) is 0 Å². The summed E-state index contributed by atoms with van der Waals surface area (Å²) in [7, 11) is 4.98. The highest BCUT2D eigenvalue weighted by Crippen LogP contribution is 2.14. The summed E-state index contributed by atoms with van der Waals surface area (Å²) in [6.45, 7) is 4.96. The van der Waals surface area contributed by atoms with Crippen molar-refractivity contribution in [1.82, 2.24) is 14.7 Å². The SMILES string of the molecule is COC(=O)N(C)CCN1CCCC(N(C)C(C)=O)C1. The van der Waals surface area contributed by atoms with Gasteiger partial charge in [0.25, 0.3) is 0 Å². The van der Waals surface area contributed by atoms with Crippen molar-refractivity contribution in [3.05, 3.63) is 0 Å². The van der Waals surface area contributed by atoms with Gasteiger partial charge in [-0.25, -0.2) is 4.79 Å². The lowest BCUT2D eigenvalue weighted by Crippen LogP contribution is -2.49. The van der Waals surface area contributed by atoms with Crippen LogP contribution in [0.1, 0.15) is 19.8 Å². The maximum Gasteiger partial charge on any atom is 0.409 e. The van der Waals surface area contributed by atoms with Crippen molar-refractivity contribution in [2.45, 2.75) is 25.8 Å². The Hall–Kier alpha value is -1.30. The molecular formula is C13H25N3O3. The molecule has 6 heteroatoms. The number of carbonyl (C=O) groups is 2. The predicted octanol–water partition coefficient (Wildman–Crippen LogP) is 0.627. The van der Waals surface area contributed by atoms with E-state index in [0.717, 1.165) is 32.5 Å². The van der Waals surface area contributed by atoms with E-state index in [1.165, 1.54) is 7.11 Å². The molecule has 2 amide bonds. The van der Waals surface area contributed by atoms with Crippen molar-refractivity contribution >= 4 is 12.0 Å². The predicted molar refractivity (Wildman–Crippen MR) is 72.9 cm³/mol. The molecule has 0 radical (unpaired) electrons. The molecule has 1 rings (SSSR count).